The molecular weight excluding hydrogens is 739 g/mol. The third-order valence-electron chi connectivity index (χ3n) is 14.5. The summed E-state index contributed by atoms with van der Waals surface area (Å²) in [5.74, 6) is 0. The molecule has 0 fully saturated rings. The highest BCUT2D eigenvalue weighted by Gasteiger charge is 2.49. The van der Waals surface area contributed by atoms with Gasteiger partial charge >= 0.3 is 0 Å². The summed E-state index contributed by atoms with van der Waals surface area (Å²) in [6, 6.07) is 41.9. The number of fused-ring (bicyclic) bond motifs is 7. The summed E-state index contributed by atoms with van der Waals surface area (Å²) in [7, 11) is 0. The first-order valence-corrected chi connectivity index (χ1v) is 22.5. The number of anilines is 6. The van der Waals surface area contributed by atoms with Crippen LogP contribution in [0.1, 0.15) is 121 Å². The van der Waals surface area contributed by atoms with Crippen LogP contribution in [-0.2, 0) is 21.7 Å². The molecule has 61 heavy (non-hydrogen) atoms. The molecule has 0 unspecified atom stereocenters. The predicted octanol–water partition coefficient (Wildman–Crippen LogP) is 14.1. The van der Waals surface area contributed by atoms with Crippen LogP contribution >= 0.6 is 0 Å². The van der Waals surface area contributed by atoms with Gasteiger partial charge in [-0.2, -0.15) is 0 Å². The molecule has 0 amide bonds. The van der Waals surface area contributed by atoms with Crippen LogP contribution in [0.15, 0.2) is 114 Å². The van der Waals surface area contributed by atoms with Crippen molar-refractivity contribution in [3.63, 3.8) is 0 Å². The van der Waals surface area contributed by atoms with Gasteiger partial charge in [-0.3, -0.25) is 0 Å². The van der Waals surface area contributed by atoms with Crippen molar-refractivity contribution in [2.75, 3.05) is 9.80 Å². The van der Waals surface area contributed by atoms with Crippen LogP contribution in [0.25, 0.3) is 22.1 Å². The monoisotopic (exact) mass is 800 g/mol. The molecule has 0 saturated carbocycles. The fraction of sp³-hybridized carbons (Fsp3) is 0.333. The molecule has 0 radical (unpaired) electrons. The molecule has 0 N–H and O–H groups in total. The van der Waals surface area contributed by atoms with Crippen molar-refractivity contribution in [3.05, 3.63) is 148 Å². The molecule has 308 valence electrons. The van der Waals surface area contributed by atoms with E-state index in [9.17, 15) is 0 Å². The van der Waals surface area contributed by atoms with Gasteiger partial charge in [0.2, 0.25) is 0 Å². The molecule has 10 rings (SSSR count). The molecule has 0 atom stereocenters. The molecule has 3 heterocycles. The van der Waals surface area contributed by atoms with Gasteiger partial charge in [-0.25, -0.2) is 0 Å². The van der Waals surface area contributed by atoms with Crippen molar-refractivity contribution in [3.8, 4) is 11.1 Å². The maximum Gasteiger partial charge on any atom is 0.297 e. The van der Waals surface area contributed by atoms with E-state index >= 15 is 0 Å². The highest BCUT2D eigenvalue weighted by atomic mass is 16.3. The number of aryl methyl sites for hydroxylation is 3. The number of hydrogen-bond donors (Lipinski definition) is 0. The smallest absolute Gasteiger partial charge is 0.297 e. The zero-order valence-corrected chi connectivity index (χ0v) is 38.7. The lowest BCUT2D eigenvalue weighted by atomic mass is 9.35. The van der Waals surface area contributed by atoms with E-state index in [-0.39, 0.29) is 28.4 Å². The van der Waals surface area contributed by atoms with Crippen LogP contribution in [0.5, 0.6) is 0 Å². The highest BCUT2D eigenvalue weighted by Crippen LogP contribution is 2.52. The minimum Gasteiger partial charge on any atom is -0.468 e. The summed E-state index contributed by atoms with van der Waals surface area (Å²) in [6.45, 7) is 30.4. The molecule has 7 aromatic rings. The third kappa shape index (κ3) is 6.14. The Morgan fingerprint density at radius 3 is 1.74 bits per heavy atom. The maximum absolute atomic E-state index is 7.35. The first-order valence-electron chi connectivity index (χ1n) is 22.5. The van der Waals surface area contributed by atoms with E-state index in [4.69, 9.17) is 4.42 Å². The van der Waals surface area contributed by atoms with Crippen LogP contribution in [0, 0.1) is 20.8 Å². The van der Waals surface area contributed by atoms with E-state index in [1.165, 1.54) is 89.1 Å². The molecule has 0 spiro atoms. The van der Waals surface area contributed by atoms with Crippen LogP contribution in [-0.4, -0.2) is 6.71 Å². The number of benzene rings is 6. The van der Waals surface area contributed by atoms with Gasteiger partial charge in [-0.1, -0.05) is 124 Å². The fourth-order valence-electron chi connectivity index (χ4n) is 10.9. The molecular formula is C57H61BN2O. The molecule has 4 heteroatoms. The Morgan fingerprint density at radius 1 is 0.557 bits per heavy atom. The number of hydrogen-bond acceptors (Lipinski definition) is 3. The van der Waals surface area contributed by atoms with E-state index < -0.39 is 0 Å². The molecule has 2 aliphatic heterocycles. The van der Waals surface area contributed by atoms with Gasteiger partial charge in [-0.05, 0) is 171 Å². The van der Waals surface area contributed by atoms with Gasteiger partial charge in [-0.15, -0.1) is 0 Å². The summed E-state index contributed by atoms with van der Waals surface area (Å²) in [5, 5.41) is 1.17. The van der Waals surface area contributed by atoms with Crippen LogP contribution in [0.3, 0.4) is 0 Å². The maximum atomic E-state index is 7.35. The van der Waals surface area contributed by atoms with Crippen molar-refractivity contribution < 1.29 is 4.42 Å². The zero-order chi connectivity index (χ0) is 43.1. The van der Waals surface area contributed by atoms with Gasteiger partial charge in [0.05, 0.1) is 17.0 Å². The molecule has 0 bridgehead atoms. The standard InChI is InChI=1S/C57H61BN2O/c1-34-27-47-50-48(28-34)60(51-35(2)29-38(30-36(51)3)37-17-15-14-16-18-37)46-33-44-43(56(10,11)25-26-57(44,12)13)32-45(46)58(50)53-52(42-31-40(55(7,8)9)21-24-49(42)61-53)59(47)41-22-19-39(20-23-41)54(4,5)6/h14-24,27-33H,25-26H2,1-13H3. The van der Waals surface area contributed by atoms with Crippen LogP contribution < -0.4 is 26.4 Å². The second-order valence-corrected chi connectivity index (χ2v) is 21.9. The molecule has 0 saturated heterocycles. The van der Waals surface area contributed by atoms with Crippen molar-refractivity contribution in [1.82, 2.24) is 0 Å². The second kappa shape index (κ2) is 13.3. The summed E-state index contributed by atoms with van der Waals surface area (Å²) >= 11 is 0. The lowest BCUT2D eigenvalue weighted by Crippen LogP contribution is -2.61. The quantitative estimate of drug-likeness (QED) is 0.166. The third-order valence-corrected chi connectivity index (χ3v) is 14.5. The van der Waals surface area contributed by atoms with Crippen molar-refractivity contribution in [2.45, 2.75) is 125 Å². The average molecular weight is 801 g/mol. The van der Waals surface area contributed by atoms with E-state index in [0.29, 0.717) is 0 Å². The summed E-state index contributed by atoms with van der Waals surface area (Å²) in [6.07, 6.45) is 2.32. The van der Waals surface area contributed by atoms with E-state index in [1.54, 1.807) is 0 Å². The molecule has 1 aromatic heterocycles. The van der Waals surface area contributed by atoms with E-state index in [2.05, 4.69) is 209 Å². The molecule has 3 nitrogen and oxygen atoms in total. The Kier molecular flexibility index (Phi) is 8.62. The van der Waals surface area contributed by atoms with Gasteiger partial charge < -0.3 is 14.2 Å². The van der Waals surface area contributed by atoms with Gasteiger partial charge in [0.1, 0.15) is 5.58 Å². The number of rotatable bonds is 3. The Bertz CT molecular complexity index is 2890. The number of nitrogens with zero attached hydrogens (tertiary/aromatic N) is 2. The van der Waals surface area contributed by atoms with Gasteiger partial charge in [0, 0.05) is 28.1 Å². The minimum absolute atomic E-state index is 0.0188. The van der Waals surface area contributed by atoms with Crippen molar-refractivity contribution in [1.29, 1.82) is 0 Å². The van der Waals surface area contributed by atoms with Crippen LogP contribution in [0.4, 0.5) is 34.1 Å². The van der Waals surface area contributed by atoms with Crippen molar-refractivity contribution in [2.24, 2.45) is 0 Å². The lowest BCUT2D eigenvalue weighted by molar-refractivity contribution is 0.332. The van der Waals surface area contributed by atoms with Gasteiger partial charge in [0.15, 0.2) is 0 Å². The number of furan rings is 1. The fourth-order valence-corrected chi connectivity index (χ4v) is 10.9. The summed E-state index contributed by atoms with van der Waals surface area (Å²) in [5.41, 5.74) is 23.8. The predicted molar refractivity (Wildman–Crippen MR) is 263 cm³/mol. The topological polar surface area (TPSA) is 19.6 Å². The molecule has 3 aliphatic rings. The molecule has 1 aliphatic carbocycles. The van der Waals surface area contributed by atoms with E-state index in [1.807, 2.05) is 0 Å². The zero-order valence-electron chi connectivity index (χ0n) is 38.7. The highest BCUT2D eigenvalue weighted by molar-refractivity contribution is 7.00. The van der Waals surface area contributed by atoms with Gasteiger partial charge in [0.25, 0.3) is 6.71 Å². The second-order valence-electron chi connectivity index (χ2n) is 21.9. The SMILES string of the molecule is Cc1cc2c3c(c1)N(c1ccc(C(C)(C)C)cc1)c1c(oc4ccc(C(C)(C)C)cc14)B3c1cc3c(cc1N2c1c(C)cc(-c2ccccc2)cc1C)C(C)(C)CCC3(C)C. The summed E-state index contributed by atoms with van der Waals surface area (Å²) in [4.78, 5) is 5.18. The van der Waals surface area contributed by atoms with E-state index in [0.717, 1.165) is 35.5 Å². The largest absolute Gasteiger partial charge is 0.468 e. The summed E-state index contributed by atoms with van der Waals surface area (Å²) < 4.78 is 7.35. The average Bonchev–Trinajstić information content (AvgIpc) is 3.58. The minimum atomic E-state index is -0.0993. The Labute approximate surface area is 364 Å². The first kappa shape index (κ1) is 39.6. The Hall–Kier alpha value is -5.48. The normalized spacial score (nSPS) is 16.3. The Morgan fingerprint density at radius 2 is 1.13 bits per heavy atom. The first-order chi connectivity index (χ1) is 28.7. The van der Waals surface area contributed by atoms with Crippen molar-refractivity contribution >= 4 is 68.4 Å². The molecule has 6 aromatic carbocycles. The lowest BCUT2D eigenvalue weighted by Gasteiger charge is -2.47. The van der Waals surface area contributed by atoms with Crippen LogP contribution in [0.2, 0.25) is 0 Å². The Balaban J connectivity index is 1.33.